The van der Waals surface area contributed by atoms with Crippen molar-refractivity contribution in [3.63, 3.8) is 0 Å². The molecule has 0 unspecified atom stereocenters. The van der Waals surface area contributed by atoms with Crippen LogP contribution in [0.4, 0.5) is 5.69 Å². The van der Waals surface area contributed by atoms with E-state index >= 15 is 0 Å². The lowest BCUT2D eigenvalue weighted by Crippen LogP contribution is -2.32. The van der Waals surface area contributed by atoms with Crippen molar-refractivity contribution in [2.75, 3.05) is 19.0 Å². The topological polar surface area (TPSA) is 109 Å². The molecule has 0 aliphatic carbocycles. The largest absolute Gasteiger partial charge is 0.504 e. The van der Waals surface area contributed by atoms with Crippen LogP contribution in [0.3, 0.4) is 0 Å². The molecule has 0 saturated carbocycles. The summed E-state index contributed by atoms with van der Waals surface area (Å²) in [6, 6.07) is 11.1. The Bertz CT molecular complexity index is 803. The molecule has 26 heavy (non-hydrogen) atoms. The van der Waals surface area contributed by atoms with Gasteiger partial charge in [0.15, 0.2) is 11.5 Å². The number of rotatable bonds is 6. The molecule has 0 aliphatic heterocycles. The first-order valence-corrected chi connectivity index (χ1v) is 7.77. The molecule has 0 fully saturated rings. The van der Waals surface area contributed by atoms with E-state index in [4.69, 9.17) is 9.47 Å². The zero-order valence-corrected chi connectivity index (χ0v) is 14.4. The SMILES string of the molecule is CCOc1cc(/C=N/NC(=O)C(=O)Nc2ccc(OC)cc2)ccc1O. The predicted octanol–water partition coefficient (Wildman–Crippen LogP) is 1.89. The van der Waals surface area contributed by atoms with E-state index in [9.17, 15) is 14.7 Å². The third-order valence-corrected chi connectivity index (χ3v) is 3.22. The van der Waals surface area contributed by atoms with Gasteiger partial charge in [-0.05, 0) is 55.0 Å². The van der Waals surface area contributed by atoms with Crippen molar-refractivity contribution in [2.24, 2.45) is 5.10 Å². The summed E-state index contributed by atoms with van der Waals surface area (Å²) in [6.07, 6.45) is 1.33. The van der Waals surface area contributed by atoms with E-state index in [1.54, 1.807) is 43.3 Å². The molecule has 0 aliphatic rings. The lowest BCUT2D eigenvalue weighted by molar-refractivity contribution is -0.136. The lowest BCUT2D eigenvalue weighted by Gasteiger charge is -2.06. The van der Waals surface area contributed by atoms with Crippen molar-refractivity contribution in [3.8, 4) is 17.2 Å². The van der Waals surface area contributed by atoms with Gasteiger partial charge >= 0.3 is 11.8 Å². The van der Waals surface area contributed by atoms with Gasteiger partial charge in [0.25, 0.3) is 0 Å². The van der Waals surface area contributed by atoms with Gasteiger partial charge in [-0.1, -0.05) is 0 Å². The van der Waals surface area contributed by atoms with Gasteiger partial charge in [-0.25, -0.2) is 5.43 Å². The monoisotopic (exact) mass is 357 g/mol. The summed E-state index contributed by atoms with van der Waals surface area (Å²) in [4.78, 5) is 23.6. The molecule has 0 saturated heterocycles. The second kappa shape index (κ2) is 9.07. The van der Waals surface area contributed by atoms with E-state index in [0.717, 1.165) is 0 Å². The van der Waals surface area contributed by atoms with Gasteiger partial charge in [0.1, 0.15) is 5.75 Å². The molecule has 0 bridgehead atoms. The zero-order valence-electron chi connectivity index (χ0n) is 14.4. The van der Waals surface area contributed by atoms with Crippen molar-refractivity contribution in [1.82, 2.24) is 5.43 Å². The van der Waals surface area contributed by atoms with Gasteiger partial charge in [-0.2, -0.15) is 5.10 Å². The quantitative estimate of drug-likeness (QED) is 0.415. The average molecular weight is 357 g/mol. The molecule has 0 aromatic heterocycles. The number of phenols is 1. The fourth-order valence-electron chi connectivity index (χ4n) is 1.96. The smallest absolute Gasteiger partial charge is 0.329 e. The van der Waals surface area contributed by atoms with Crippen LogP contribution in [0.15, 0.2) is 47.6 Å². The van der Waals surface area contributed by atoms with Crippen LogP contribution in [0.5, 0.6) is 17.2 Å². The number of amides is 2. The van der Waals surface area contributed by atoms with E-state index in [2.05, 4.69) is 15.8 Å². The molecule has 0 heterocycles. The molecule has 2 aromatic rings. The van der Waals surface area contributed by atoms with E-state index < -0.39 is 11.8 Å². The first-order chi connectivity index (χ1) is 12.5. The van der Waals surface area contributed by atoms with Gasteiger partial charge < -0.3 is 19.9 Å². The third kappa shape index (κ3) is 5.23. The van der Waals surface area contributed by atoms with Crippen LogP contribution in [0.25, 0.3) is 0 Å². The fraction of sp³-hybridized carbons (Fsp3) is 0.167. The summed E-state index contributed by atoms with van der Waals surface area (Å²) in [5.74, 6) is -0.821. The summed E-state index contributed by atoms with van der Waals surface area (Å²) in [7, 11) is 1.53. The van der Waals surface area contributed by atoms with E-state index in [-0.39, 0.29) is 5.75 Å². The summed E-state index contributed by atoms with van der Waals surface area (Å²) in [5.41, 5.74) is 3.17. The highest BCUT2D eigenvalue weighted by Crippen LogP contribution is 2.26. The first-order valence-electron chi connectivity index (χ1n) is 7.77. The Kier molecular flexibility index (Phi) is 6.55. The van der Waals surface area contributed by atoms with Crippen LogP contribution in [-0.4, -0.2) is 36.9 Å². The maximum atomic E-state index is 11.8. The van der Waals surface area contributed by atoms with Crippen LogP contribution in [0.2, 0.25) is 0 Å². The van der Waals surface area contributed by atoms with Crippen molar-refractivity contribution in [3.05, 3.63) is 48.0 Å². The van der Waals surface area contributed by atoms with Crippen molar-refractivity contribution >= 4 is 23.7 Å². The highest BCUT2D eigenvalue weighted by atomic mass is 16.5. The predicted molar refractivity (Wildman–Crippen MR) is 96.6 cm³/mol. The maximum Gasteiger partial charge on any atom is 0.329 e. The Morgan fingerprint density at radius 2 is 1.88 bits per heavy atom. The number of hydrogen-bond acceptors (Lipinski definition) is 6. The fourth-order valence-corrected chi connectivity index (χ4v) is 1.96. The van der Waals surface area contributed by atoms with Crippen molar-refractivity contribution < 1.29 is 24.2 Å². The number of carbonyl (C=O) groups excluding carboxylic acids is 2. The minimum absolute atomic E-state index is 0.00639. The number of ether oxygens (including phenoxy) is 2. The number of phenolic OH excluding ortho intramolecular Hbond substituents is 1. The summed E-state index contributed by atoms with van der Waals surface area (Å²) >= 11 is 0. The molecular weight excluding hydrogens is 338 g/mol. The van der Waals surface area contributed by atoms with Gasteiger partial charge in [0.05, 0.1) is 19.9 Å². The Balaban J connectivity index is 1.91. The maximum absolute atomic E-state index is 11.8. The Hall–Kier alpha value is -3.55. The Labute approximate surface area is 150 Å². The number of aromatic hydroxyl groups is 1. The lowest BCUT2D eigenvalue weighted by atomic mass is 10.2. The van der Waals surface area contributed by atoms with Crippen LogP contribution >= 0.6 is 0 Å². The van der Waals surface area contributed by atoms with Gasteiger partial charge in [0.2, 0.25) is 0 Å². The normalized spacial score (nSPS) is 10.4. The third-order valence-electron chi connectivity index (χ3n) is 3.22. The Morgan fingerprint density at radius 1 is 1.15 bits per heavy atom. The van der Waals surface area contributed by atoms with Crippen LogP contribution in [0.1, 0.15) is 12.5 Å². The first kappa shape index (κ1) is 18.8. The van der Waals surface area contributed by atoms with E-state index in [1.807, 2.05) is 0 Å². The number of anilines is 1. The molecule has 3 N–H and O–H groups in total. The van der Waals surface area contributed by atoms with Crippen LogP contribution in [0, 0.1) is 0 Å². The number of methoxy groups -OCH3 is 1. The number of nitrogens with zero attached hydrogens (tertiary/aromatic N) is 1. The number of nitrogens with one attached hydrogen (secondary N) is 2. The standard InChI is InChI=1S/C18H19N3O5/c1-3-26-16-10-12(4-9-15(16)22)11-19-21-18(24)17(23)20-13-5-7-14(25-2)8-6-13/h4-11,22H,3H2,1-2H3,(H,20,23)(H,21,24)/b19-11+. The average Bonchev–Trinajstić information content (AvgIpc) is 2.65. The highest BCUT2D eigenvalue weighted by Gasteiger charge is 2.12. The molecule has 136 valence electrons. The van der Waals surface area contributed by atoms with Gasteiger partial charge in [-0.15, -0.1) is 0 Å². The highest BCUT2D eigenvalue weighted by molar-refractivity contribution is 6.39. The minimum atomic E-state index is -0.916. The zero-order chi connectivity index (χ0) is 18.9. The van der Waals surface area contributed by atoms with Gasteiger partial charge in [-0.3, -0.25) is 9.59 Å². The molecule has 0 spiro atoms. The molecule has 2 rings (SSSR count). The van der Waals surface area contributed by atoms with Crippen LogP contribution in [-0.2, 0) is 9.59 Å². The van der Waals surface area contributed by atoms with Crippen LogP contribution < -0.4 is 20.2 Å². The number of carbonyl (C=O) groups is 2. The molecule has 8 nitrogen and oxygen atoms in total. The summed E-state index contributed by atoms with van der Waals surface area (Å²) in [5, 5.41) is 15.8. The minimum Gasteiger partial charge on any atom is -0.504 e. The second-order valence-corrected chi connectivity index (χ2v) is 5.04. The van der Waals surface area contributed by atoms with E-state index in [1.165, 1.54) is 19.4 Å². The summed E-state index contributed by atoms with van der Waals surface area (Å²) < 4.78 is 10.3. The molecule has 0 atom stereocenters. The van der Waals surface area contributed by atoms with Gasteiger partial charge in [0, 0.05) is 5.69 Å². The molecule has 2 aromatic carbocycles. The molecule has 2 amide bonds. The number of benzene rings is 2. The van der Waals surface area contributed by atoms with Crippen molar-refractivity contribution in [1.29, 1.82) is 0 Å². The molecular formula is C18H19N3O5. The molecule has 8 heteroatoms. The number of hydrazone groups is 1. The Morgan fingerprint density at radius 3 is 2.54 bits per heavy atom. The van der Waals surface area contributed by atoms with E-state index in [0.29, 0.717) is 29.4 Å². The van der Waals surface area contributed by atoms with Crippen molar-refractivity contribution in [2.45, 2.75) is 6.92 Å². The second-order valence-electron chi connectivity index (χ2n) is 5.04. The summed E-state index contributed by atoms with van der Waals surface area (Å²) in [6.45, 7) is 2.19. The molecule has 0 radical (unpaired) electrons. The number of hydrogen-bond donors (Lipinski definition) is 3.